The zero-order valence-electron chi connectivity index (χ0n) is 14.6. The van der Waals surface area contributed by atoms with Crippen LogP contribution in [0.25, 0.3) is 5.13 Å². The lowest BCUT2D eigenvalue weighted by Crippen LogP contribution is -2.27. The van der Waals surface area contributed by atoms with Crippen LogP contribution in [0, 0.1) is 0 Å². The first-order valence-corrected chi connectivity index (χ1v) is 8.99. The maximum absolute atomic E-state index is 12.1. The molecule has 3 aromatic rings. The number of rotatable bonds is 8. The van der Waals surface area contributed by atoms with Crippen LogP contribution in [0.5, 0.6) is 11.5 Å². The fraction of sp³-hybridized carbons (Fsp3) is 0.278. The number of carbonyl (C=O) groups is 1. The second-order valence-electron chi connectivity index (χ2n) is 5.54. The van der Waals surface area contributed by atoms with Crippen LogP contribution in [0.15, 0.2) is 42.0 Å². The number of ether oxygens (including phenoxy) is 2. The Morgan fingerprint density at radius 2 is 2.12 bits per heavy atom. The number of carbonyl (C=O) groups excluding carboxylic acids is 1. The third-order valence-electron chi connectivity index (χ3n) is 3.76. The molecule has 0 saturated heterocycles. The molecule has 2 heterocycles. The van der Waals surface area contributed by atoms with Crippen molar-refractivity contribution in [1.82, 2.24) is 20.1 Å². The summed E-state index contributed by atoms with van der Waals surface area (Å²) in [7, 11) is 3.16. The average molecular weight is 372 g/mol. The molecule has 0 radical (unpaired) electrons. The fourth-order valence-corrected chi connectivity index (χ4v) is 3.26. The molecule has 0 saturated carbocycles. The first-order chi connectivity index (χ1) is 12.7. The Hall–Kier alpha value is -2.87. The van der Waals surface area contributed by atoms with Gasteiger partial charge in [0, 0.05) is 30.7 Å². The number of thiazole rings is 1. The van der Waals surface area contributed by atoms with Gasteiger partial charge in [0.15, 0.2) is 11.5 Å². The summed E-state index contributed by atoms with van der Waals surface area (Å²) in [5.74, 6) is 1.22. The topological polar surface area (TPSA) is 78.3 Å². The molecule has 26 heavy (non-hydrogen) atoms. The van der Waals surface area contributed by atoms with E-state index in [0.29, 0.717) is 24.5 Å². The standard InChI is InChI=1S/C18H20N4O3S/c1-24-15-5-4-13(10-16(15)25-2)11-17(23)19-8-6-14-12-26-18(21-14)22-9-3-7-20-22/h3-5,7,9-10,12H,6,8,11H2,1-2H3,(H,19,23). The molecule has 7 nitrogen and oxygen atoms in total. The molecule has 0 spiro atoms. The van der Waals surface area contributed by atoms with E-state index in [4.69, 9.17) is 9.47 Å². The molecular weight excluding hydrogens is 352 g/mol. The Morgan fingerprint density at radius 1 is 1.27 bits per heavy atom. The fourth-order valence-electron chi connectivity index (χ4n) is 2.47. The molecule has 0 bridgehead atoms. The lowest BCUT2D eigenvalue weighted by atomic mass is 10.1. The number of hydrogen-bond acceptors (Lipinski definition) is 6. The molecule has 2 aromatic heterocycles. The van der Waals surface area contributed by atoms with E-state index in [0.717, 1.165) is 16.4 Å². The van der Waals surface area contributed by atoms with E-state index in [1.165, 1.54) is 11.3 Å². The van der Waals surface area contributed by atoms with Crippen LogP contribution >= 0.6 is 11.3 Å². The highest BCUT2D eigenvalue weighted by Crippen LogP contribution is 2.27. The summed E-state index contributed by atoms with van der Waals surface area (Å²) in [6.07, 6.45) is 4.54. The smallest absolute Gasteiger partial charge is 0.224 e. The number of nitrogens with zero attached hydrogens (tertiary/aromatic N) is 3. The molecular formula is C18H20N4O3S. The van der Waals surface area contributed by atoms with E-state index in [1.807, 2.05) is 29.8 Å². The van der Waals surface area contributed by atoms with Crippen LogP contribution in [0.2, 0.25) is 0 Å². The molecule has 8 heteroatoms. The van der Waals surface area contributed by atoms with Gasteiger partial charge < -0.3 is 14.8 Å². The van der Waals surface area contributed by atoms with Crippen molar-refractivity contribution in [1.29, 1.82) is 0 Å². The van der Waals surface area contributed by atoms with Crippen LogP contribution in [0.1, 0.15) is 11.3 Å². The largest absolute Gasteiger partial charge is 0.493 e. The van der Waals surface area contributed by atoms with Crippen molar-refractivity contribution in [3.05, 3.63) is 53.3 Å². The molecule has 0 atom stereocenters. The second-order valence-corrected chi connectivity index (χ2v) is 6.37. The molecule has 1 aromatic carbocycles. The van der Waals surface area contributed by atoms with Crippen molar-refractivity contribution >= 4 is 17.2 Å². The van der Waals surface area contributed by atoms with Gasteiger partial charge in [0.2, 0.25) is 11.0 Å². The van der Waals surface area contributed by atoms with E-state index < -0.39 is 0 Å². The average Bonchev–Trinajstić information content (AvgIpc) is 3.33. The number of amides is 1. The van der Waals surface area contributed by atoms with Crippen molar-refractivity contribution < 1.29 is 14.3 Å². The van der Waals surface area contributed by atoms with Crippen LogP contribution in [-0.2, 0) is 17.6 Å². The van der Waals surface area contributed by atoms with Gasteiger partial charge in [-0.15, -0.1) is 11.3 Å². The molecule has 136 valence electrons. The van der Waals surface area contributed by atoms with Gasteiger partial charge in [-0.05, 0) is 23.8 Å². The predicted molar refractivity (Wildman–Crippen MR) is 99.2 cm³/mol. The maximum atomic E-state index is 12.1. The van der Waals surface area contributed by atoms with Gasteiger partial charge in [-0.25, -0.2) is 9.67 Å². The SMILES string of the molecule is COc1ccc(CC(=O)NCCc2csc(-n3cccn3)n2)cc1OC. The zero-order valence-corrected chi connectivity index (χ0v) is 15.5. The van der Waals surface area contributed by atoms with E-state index >= 15 is 0 Å². The van der Waals surface area contributed by atoms with Gasteiger partial charge in [0.05, 0.1) is 26.3 Å². The lowest BCUT2D eigenvalue weighted by molar-refractivity contribution is -0.120. The van der Waals surface area contributed by atoms with E-state index in [2.05, 4.69) is 15.4 Å². The molecule has 1 N–H and O–H groups in total. The molecule has 0 aliphatic rings. The minimum atomic E-state index is -0.0419. The van der Waals surface area contributed by atoms with Crippen molar-refractivity contribution in [2.24, 2.45) is 0 Å². The van der Waals surface area contributed by atoms with Gasteiger partial charge in [0.1, 0.15) is 0 Å². The monoisotopic (exact) mass is 372 g/mol. The van der Waals surface area contributed by atoms with Crippen LogP contribution < -0.4 is 14.8 Å². The minimum absolute atomic E-state index is 0.0419. The summed E-state index contributed by atoms with van der Waals surface area (Å²) in [5.41, 5.74) is 1.81. The maximum Gasteiger partial charge on any atom is 0.224 e. The zero-order chi connectivity index (χ0) is 18.4. The molecule has 3 rings (SSSR count). The van der Waals surface area contributed by atoms with Gasteiger partial charge in [-0.1, -0.05) is 6.07 Å². The first-order valence-electron chi connectivity index (χ1n) is 8.11. The van der Waals surface area contributed by atoms with Crippen molar-refractivity contribution in [3.63, 3.8) is 0 Å². The van der Waals surface area contributed by atoms with Gasteiger partial charge >= 0.3 is 0 Å². The Balaban J connectivity index is 1.49. The van der Waals surface area contributed by atoms with Crippen LogP contribution in [0.3, 0.4) is 0 Å². The summed E-state index contributed by atoms with van der Waals surface area (Å²) in [6.45, 7) is 0.536. The van der Waals surface area contributed by atoms with E-state index in [-0.39, 0.29) is 12.3 Å². The highest BCUT2D eigenvalue weighted by molar-refractivity contribution is 7.12. The summed E-state index contributed by atoms with van der Waals surface area (Å²) in [6, 6.07) is 7.33. The van der Waals surface area contributed by atoms with E-state index in [1.54, 1.807) is 31.2 Å². The van der Waals surface area contributed by atoms with Gasteiger partial charge in [-0.2, -0.15) is 5.10 Å². The normalized spacial score (nSPS) is 10.5. The van der Waals surface area contributed by atoms with Gasteiger partial charge in [0.25, 0.3) is 0 Å². The van der Waals surface area contributed by atoms with Crippen LogP contribution in [-0.4, -0.2) is 41.4 Å². The van der Waals surface area contributed by atoms with Crippen LogP contribution in [0.4, 0.5) is 0 Å². The number of benzene rings is 1. The number of hydrogen-bond donors (Lipinski definition) is 1. The van der Waals surface area contributed by atoms with Crippen molar-refractivity contribution in [2.75, 3.05) is 20.8 Å². The molecule has 0 aliphatic heterocycles. The Morgan fingerprint density at radius 3 is 2.85 bits per heavy atom. The lowest BCUT2D eigenvalue weighted by Gasteiger charge is -2.09. The molecule has 0 unspecified atom stereocenters. The first kappa shape index (κ1) is 17.9. The van der Waals surface area contributed by atoms with E-state index in [9.17, 15) is 4.79 Å². The Bertz CT molecular complexity index is 861. The third-order valence-corrected chi connectivity index (χ3v) is 4.64. The minimum Gasteiger partial charge on any atom is -0.493 e. The summed E-state index contributed by atoms with van der Waals surface area (Å²) in [5, 5.41) is 9.88. The van der Waals surface area contributed by atoms with Gasteiger partial charge in [-0.3, -0.25) is 4.79 Å². The third kappa shape index (κ3) is 4.40. The number of aromatic nitrogens is 3. The Labute approximate surface area is 155 Å². The predicted octanol–water partition coefficient (Wildman–Crippen LogP) is 2.25. The summed E-state index contributed by atoms with van der Waals surface area (Å²) >= 11 is 1.53. The Kier molecular flexibility index (Phi) is 5.85. The quantitative estimate of drug-likeness (QED) is 0.656. The summed E-state index contributed by atoms with van der Waals surface area (Å²) in [4.78, 5) is 16.6. The highest BCUT2D eigenvalue weighted by Gasteiger charge is 2.09. The summed E-state index contributed by atoms with van der Waals surface area (Å²) < 4.78 is 12.2. The van der Waals surface area contributed by atoms with Crippen molar-refractivity contribution in [2.45, 2.75) is 12.8 Å². The number of methoxy groups -OCH3 is 2. The number of nitrogens with one attached hydrogen (secondary N) is 1. The second kappa shape index (κ2) is 8.48. The van der Waals surface area contributed by atoms with Crippen molar-refractivity contribution in [3.8, 4) is 16.6 Å². The molecule has 1 amide bonds. The molecule has 0 aliphatic carbocycles. The molecule has 0 fully saturated rings. The highest BCUT2D eigenvalue weighted by atomic mass is 32.1.